The standard InChI is InChI=1S/C22H16Cl2N2O.C2H4O2.Na.H/c23-19-5-3-6-20(24)22(19)26-16-10-12-18(13-11-16)27-14-17-9-8-15-4-1-2-7-21(15)25-17;1-2(3)4;;/h1-13,26H,14H2;1H3,(H,3,4);;. The van der Waals surface area contributed by atoms with Crippen molar-refractivity contribution in [2.75, 3.05) is 5.32 Å². The number of aliphatic carboxylic acids is 1. The van der Waals surface area contributed by atoms with Crippen molar-refractivity contribution in [2.24, 2.45) is 0 Å². The third-order valence-electron chi connectivity index (χ3n) is 4.13. The Bertz CT molecular complexity index is 1160. The van der Waals surface area contributed by atoms with E-state index in [1.807, 2.05) is 60.7 Å². The molecule has 0 saturated carbocycles. The predicted octanol–water partition coefficient (Wildman–Crippen LogP) is 6.31. The number of pyridine rings is 1. The Hall–Kier alpha value is -2.28. The molecular formula is C24H21Cl2N2NaO3. The molecule has 5 nitrogen and oxygen atoms in total. The number of anilines is 2. The number of hydrogen-bond donors (Lipinski definition) is 2. The molecule has 1 aromatic heterocycles. The zero-order chi connectivity index (χ0) is 22.2. The number of ether oxygens (including phenoxy) is 1. The summed E-state index contributed by atoms with van der Waals surface area (Å²) in [5.41, 5.74) is 3.42. The molecule has 0 spiro atoms. The molecule has 32 heavy (non-hydrogen) atoms. The quantitative estimate of drug-likeness (QED) is 0.329. The second-order valence-electron chi connectivity index (χ2n) is 6.55. The van der Waals surface area contributed by atoms with Crippen molar-refractivity contribution in [3.8, 4) is 5.75 Å². The number of hydrogen-bond acceptors (Lipinski definition) is 4. The van der Waals surface area contributed by atoms with Crippen LogP contribution in [0.25, 0.3) is 10.9 Å². The molecule has 4 aromatic rings. The van der Waals surface area contributed by atoms with Crippen molar-refractivity contribution in [1.82, 2.24) is 4.98 Å². The first-order valence-electron chi connectivity index (χ1n) is 9.40. The molecule has 160 valence electrons. The van der Waals surface area contributed by atoms with Crippen LogP contribution in [-0.2, 0) is 11.4 Å². The number of fused-ring (bicyclic) bond motifs is 1. The molecule has 0 radical (unpaired) electrons. The number of carboxylic acid groups (broad SMARTS) is 1. The molecule has 0 aliphatic heterocycles. The Balaban J connectivity index is 0.000000672. The minimum absolute atomic E-state index is 0. The van der Waals surface area contributed by atoms with Crippen molar-refractivity contribution in [3.63, 3.8) is 0 Å². The van der Waals surface area contributed by atoms with Crippen LogP contribution in [0.3, 0.4) is 0 Å². The van der Waals surface area contributed by atoms with E-state index in [9.17, 15) is 0 Å². The van der Waals surface area contributed by atoms with Gasteiger partial charge in [0.15, 0.2) is 0 Å². The van der Waals surface area contributed by atoms with Crippen LogP contribution >= 0.6 is 23.2 Å². The Kier molecular flexibility index (Phi) is 10.3. The number of para-hydroxylation sites is 2. The molecule has 0 atom stereocenters. The predicted molar refractivity (Wildman–Crippen MR) is 133 cm³/mol. The number of nitrogens with one attached hydrogen (secondary N) is 1. The van der Waals surface area contributed by atoms with E-state index < -0.39 is 5.97 Å². The Morgan fingerprint density at radius 1 is 0.938 bits per heavy atom. The second kappa shape index (κ2) is 12.7. The zero-order valence-corrected chi connectivity index (χ0v) is 18.2. The molecular weight excluding hydrogens is 458 g/mol. The number of halogens is 2. The van der Waals surface area contributed by atoms with Gasteiger partial charge in [-0.1, -0.05) is 53.5 Å². The first-order valence-corrected chi connectivity index (χ1v) is 10.2. The van der Waals surface area contributed by atoms with Crippen LogP contribution in [0, 0.1) is 0 Å². The van der Waals surface area contributed by atoms with Gasteiger partial charge in [0.05, 0.1) is 26.9 Å². The van der Waals surface area contributed by atoms with Gasteiger partial charge >= 0.3 is 29.6 Å². The molecule has 0 unspecified atom stereocenters. The maximum absolute atomic E-state index is 9.00. The average molecular weight is 479 g/mol. The summed E-state index contributed by atoms with van der Waals surface area (Å²) in [6.07, 6.45) is 0. The normalized spacial score (nSPS) is 9.84. The summed E-state index contributed by atoms with van der Waals surface area (Å²) in [7, 11) is 0. The van der Waals surface area contributed by atoms with E-state index in [1.54, 1.807) is 12.1 Å². The van der Waals surface area contributed by atoms with E-state index in [2.05, 4.69) is 16.4 Å². The van der Waals surface area contributed by atoms with Crippen LogP contribution in [0.1, 0.15) is 12.6 Å². The minimum atomic E-state index is -0.833. The monoisotopic (exact) mass is 478 g/mol. The number of carboxylic acids is 1. The van der Waals surface area contributed by atoms with Crippen LogP contribution in [0.4, 0.5) is 11.4 Å². The van der Waals surface area contributed by atoms with E-state index in [4.69, 9.17) is 37.8 Å². The summed E-state index contributed by atoms with van der Waals surface area (Å²) in [6, 6.07) is 25.1. The summed E-state index contributed by atoms with van der Waals surface area (Å²) >= 11 is 12.4. The molecule has 0 aliphatic carbocycles. The van der Waals surface area contributed by atoms with Gasteiger partial charge in [0.25, 0.3) is 5.97 Å². The molecule has 0 aliphatic rings. The van der Waals surface area contributed by atoms with E-state index in [0.717, 1.165) is 35.0 Å². The van der Waals surface area contributed by atoms with Crippen LogP contribution in [-0.4, -0.2) is 45.6 Å². The zero-order valence-electron chi connectivity index (χ0n) is 16.7. The van der Waals surface area contributed by atoms with Crippen LogP contribution in [0.5, 0.6) is 5.75 Å². The second-order valence-corrected chi connectivity index (χ2v) is 7.36. The van der Waals surface area contributed by atoms with E-state index in [1.165, 1.54) is 0 Å². The Labute approximate surface area is 218 Å². The summed E-state index contributed by atoms with van der Waals surface area (Å²) in [5.74, 6) is -0.0687. The average Bonchev–Trinajstić information content (AvgIpc) is 2.75. The van der Waals surface area contributed by atoms with Crippen LogP contribution in [0.2, 0.25) is 10.0 Å². The number of rotatable bonds is 5. The van der Waals surface area contributed by atoms with Crippen molar-refractivity contribution in [3.05, 3.63) is 94.6 Å². The number of benzene rings is 3. The van der Waals surface area contributed by atoms with Gasteiger partial charge < -0.3 is 15.2 Å². The third-order valence-corrected chi connectivity index (χ3v) is 4.76. The SMILES string of the molecule is CC(=O)O.Clc1cccc(Cl)c1Nc1ccc(OCc2ccc3ccccc3n2)cc1.[NaH]. The topological polar surface area (TPSA) is 71.5 Å². The molecule has 0 amide bonds. The van der Waals surface area contributed by atoms with Crippen LogP contribution < -0.4 is 10.1 Å². The first kappa shape index (κ1) is 26.0. The first-order chi connectivity index (χ1) is 14.9. The van der Waals surface area contributed by atoms with Crippen LogP contribution in [0.15, 0.2) is 78.9 Å². The van der Waals surface area contributed by atoms with Gasteiger partial charge in [-0.2, -0.15) is 0 Å². The molecule has 3 aromatic carbocycles. The molecule has 0 saturated heterocycles. The van der Waals surface area contributed by atoms with Gasteiger partial charge in [0.1, 0.15) is 12.4 Å². The number of carbonyl (C=O) groups is 1. The van der Waals surface area contributed by atoms with Gasteiger partial charge in [-0.05, 0) is 48.5 Å². The van der Waals surface area contributed by atoms with Crippen molar-refractivity contribution in [1.29, 1.82) is 0 Å². The fourth-order valence-corrected chi connectivity index (χ4v) is 3.23. The fraction of sp³-hybridized carbons (Fsp3) is 0.0833. The van der Waals surface area contributed by atoms with Crippen molar-refractivity contribution >= 4 is 81.0 Å². The molecule has 4 rings (SSSR count). The molecule has 2 N–H and O–H groups in total. The van der Waals surface area contributed by atoms with E-state index in [0.29, 0.717) is 22.3 Å². The summed E-state index contributed by atoms with van der Waals surface area (Å²) in [4.78, 5) is 13.6. The van der Waals surface area contributed by atoms with Gasteiger partial charge in [0.2, 0.25) is 0 Å². The van der Waals surface area contributed by atoms with Crippen molar-refractivity contribution < 1.29 is 14.6 Å². The molecule has 8 heteroatoms. The van der Waals surface area contributed by atoms with Gasteiger partial charge in [0, 0.05) is 18.0 Å². The molecule has 1 heterocycles. The Morgan fingerprint density at radius 2 is 1.56 bits per heavy atom. The van der Waals surface area contributed by atoms with E-state index in [-0.39, 0.29) is 29.6 Å². The number of aromatic nitrogens is 1. The van der Waals surface area contributed by atoms with Gasteiger partial charge in [-0.3, -0.25) is 4.79 Å². The van der Waals surface area contributed by atoms with E-state index >= 15 is 0 Å². The summed E-state index contributed by atoms with van der Waals surface area (Å²) < 4.78 is 5.85. The third kappa shape index (κ3) is 7.69. The maximum atomic E-state index is 9.00. The van der Waals surface area contributed by atoms with Gasteiger partial charge in [-0.25, -0.2) is 4.98 Å². The Morgan fingerprint density at radius 3 is 2.22 bits per heavy atom. The van der Waals surface area contributed by atoms with Crippen molar-refractivity contribution in [2.45, 2.75) is 13.5 Å². The van der Waals surface area contributed by atoms with Gasteiger partial charge in [-0.15, -0.1) is 0 Å². The fourth-order valence-electron chi connectivity index (χ4n) is 2.74. The molecule has 0 bridgehead atoms. The summed E-state index contributed by atoms with van der Waals surface area (Å²) in [6.45, 7) is 1.49. The number of nitrogens with zero attached hydrogens (tertiary/aromatic N) is 1. The summed E-state index contributed by atoms with van der Waals surface area (Å²) in [5, 5.41) is 12.9. The molecule has 0 fully saturated rings.